The number of rotatable bonds is 4. The topological polar surface area (TPSA) is 21.3 Å². The van der Waals surface area contributed by atoms with Gasteiger partial charge in [0.1, 0.15) is 0 Å². The van der Waals surface area contributed by atoms with Crippen LogP contribution in [0.3, 0.4) is 0 Å². The van der Waals surface area contributed by atoms with E-state index >= 15 is 0 Å². The van der Waals surface area contributed by atoms with Crippen molar-refractivity contribution in [3.8, 4) is 0 Å². The van der Waals surface area contributed by atoms with Crippen LogP contribution in [-0.2, 0) is 4.74 Å². The number of hydrogen-bond donors (Lipinski definition) is 1. The summed E-state index contributed by atoms with van der Waals surface area (Å²) in [6.07, 6.45) is 1.10. The standard InChI is InChI=1S/C17H25NOS2/c1-6-18-15(11-10-16(2,3)19-17(11,4)5)14-9-13-12(21-14)7-8-20-13/h7-9,11,15,18H,6,10H2,1-5H3. The molecule has 1 aliphatic heterocycles. The van der Waals surface area contributed by atoms with E-state index in [1.54, 1.807) is 0 Å². The molecule has 0 radical (unpaired) electrons. The summed E-state index contributed by atoms with van der Waals surface area (Å²) in [5.41, 5.74) is -0.121. The second-order valence-electron chi connectivity index (χ2n) is 7.11. The van der Waals surface area contributed by atoms with Crippen molar-refractivity contribution in [1.82, 2.24) is 5.32 Å². The predicted octanol–water partition coefficient (Wildman–Crippen LogP) is 5.21. The van der Waals surface area contributed by atoms with Crippen molar-refractivity contribution in [1.29, 1.82) is 0 Å². The van der Waals surface area contributed by atoms with Gasteiger partial charge in [0.2, 0.25) is 0 Å². The molecule has 2 aromatic rings. The van der Waals surface area contributed by atoms with E-state index in [2.05, 4.69) is 57.4 Å². The summed E-state index contributed by atoms with van der Waals surface area (Å²) in [5, 5.41) is 5.90. The van der Waals surface area contributed by atoms with Gasteiger partial charge in [-0.25, -0.2) is 0 Å². The van der Waals surface area contributed by atoms with Crippen LogP contribution in [0.15, 0.2) is 17.5 Å². The molecule has 4 heteroatoms. The molecule has 1 N–H and O–H groups in total. The van der Waals surface area contributed by atoms with Gasteiger partial charge in [-0.2, -0.15) is 0 Å². The monoisotopic (exact) mass is 323 g/mol. The number of nitrogens with one attached hydrogen (secondary N) is 1. The van der Waals surface area contributed by atoms with Crippen LogP contribution in [0, 0.1) is 5.92 Å². The van der Waals surface area contributed by atoms with E-state index in [1.807, 2.05) is 22.7 Å². The van der Waals surface area contributed by atoms with Crippen LogP contribution >= 0.6 is 22.7 Å². The molecular weight excluding hydrogens is 298 g/mol. The Morgan fingerprint density at radius 3 is 2.67 bits per heavy atom. The van der Waals surface area contributed by atoms with E-state index in [0.717, 1.165) is 13.0 Å². The number of fused-ring (bicyclic) bond motifs is 1. The average Bonchev–Trinajstić information content (AvgIpc) is 2.96. The smallest absolute Gasteiger partial charge is 0.0681 e. The SMILES string of the molecule is CCNC(c1cc2sccc2s1)C1CC(C)(C)OC1(C)C. The van der Waals surface area contributed by atoms with E-state index in [0.29, 0.717) is 12.0 Å². The first-order valence-corrected chi connectivity index (χ1v) is 9.42. The fourth-order valence-electron chi connectivity index (χ4n) is 3.72. The van der Waals surface area contributed by atoms with Gasteiger partial charge in [0.15, 0.2) is 0 Å². The summed E-state index contributed by atoms with van der Waals surface area (Å²) < 4.78 is 9.14. The van der Waals surface area contributed by atoms with E-state index < -0.39 is 0 Å². The Labute approximate surface area is 135 Å². The van der Waals surface area contributed by atoms with Crippen molar-refractivity contribution in [3.05, 3.63) is 22.4 Å². The zero-order chi connectivity index (χ0) is 15.3. The molecule has 1 aliphatic rings. The molecule has 1 fully saturated rings. The molecule has 0 bridgehead atoms. The third-order valence-electron chi connectivity index (χ3n) is 4.44. The molecule has 0 aromatic carbocycles. The van der Waals surface area contributed by atoms with Crippen molar-refractivity contribution in [2.45, 2.75) is 58.3 Å². The summed E-state index contributed by atoms with van der Waals surface area (Å²) >= 11 is 3.77. The van der Waals surface area contributed by atoms with Crippen LogP contribution in [-0.4, -0.2) is 17.7 Å². The first kappa shape index (κ1) is 15.5. The molecule has 2 atom stereocenters. The Balaban J connectivity index is 1.96. The maximum Gasteiger partial charge on any atom is 0.0681 e. The zero-order valence-electron chi connectivity index (χ0n) is 13.5. The highest BCUT2D eigenvalue weighted by atomic mass is 32.1. The Morgan fingerprint density at radius 2 is 2.10 bits per heavy atom. The highest BCUT2D eigenvalue weighted by Crippen LogP contribution is 2.49. The minimum absolute atomic E-state index is 0.0313. The maximum atomic E-state index is 6.32. The number of thiophene rings is 2. The maximum absolute atomic E-state index is 6.32. The first-order chi connectivity index (χ1) is 9.82. The van der Waals surface area contributed by atoms with E-state index in [9.17, 15) is 0 Å². The minimum atomic E-state index is -0.0895. The lowest BCUT2D eigenvalue weighted by Crippen LogP contribution is -2.38. The van der Waals surface area contributed by atoms with Crippen LogP contribution in [0.2, 0.25) is 0 Å². The van der Waals surface area contributed by atoms with E-state index in [4.69, 9.17) is 4.74 Å². The Kier molecular flexibility index (Phi) is 3.93. The highest BCUT2D eigenvalue weighted by Gasteiger charge is 2.49. The average molecular weight is 324 g/mol. The van der Waals surface area contributed by atoms with Gasteiger partial charge >= 0.3 is 0 Å². The van der Waals surface area contributed by atoms with Crippen molar-refractivity contribution >= 4 is 32.1 Å². The van der Waals surface area contributed by atoms with Crippen molar-refractivity contribution in [3.63, 3.8) is 0 Å². The van der Waals surface area contributed by atoms with Gasteiger partial charge in [0, 0.05) is 26.2 Å². The van der Waals surface area contributed by atoms with Gasteiger partial charge in [-0.1, -0.05) is 6.92 Å². The first-order valence-electron chi connectivity index (χ1n) is 7.73. The van der Waals surface area contributed by atoms with Gasteiger partial charge in [0.05, 0.1) is 11.2 Å². The molecule has 2 unspecified atom stereocenters. The molecule has 0 spiro atoms. The molecule has 3 rings (SSSR count). The molecule has 1 saturated heterocycles. The van der Waals surface area contributed by atoms with Crippen LogP contribution in [0.1, 0.15) is 52.0 Å². The fourth-order valence-corrected chi connectivity index (χ4v) is 5.98. The molecule has 116 valence electrons. The van der Waals surface area contributed by atoms with Crippen molar-refractivity contribution < 1.29 is 4.74 Å². The van der Waals surface area contributed by atoms with E-state index in [-0.39, 0.29) is 11.2 Å². The Hall–Kier alpha value is -0.420. The van der Waals surface area contributed by atoms with Crippen LogP contribution in [0.5, 0.6) is 0 Å². The molecule has 21 heavy (non-hydrogen) atoms. The predicted molar refractivity (Wildman–Crippen MR) is 93.5 cm³/mol. The lowest BCUT2D eigenvalue weighted by atomic mass is 9.81. The quantitative estimate of drug-likeness (QED) is 0.834. The summed E-state index contributed by atoms with van der Waals surface area (Å²) in [4.78, 5) is 1.46. The summed E-state index contributed by atoms with van der Waals surface area (Å²) in [6.45, 7) is 12.1. The van der Waals surface area contributed by atoms with E-state index in [1.165, 1.54) is 14.3 Å². The van der Waals surface area contributed by atoms with Gasteiger partial charge in [-0.3, -0.25) is 0 Å². The molecule has 0 amide bonds. The van der Waals surface area contributed by atoms with Crippen LogP contribution in [0.25, 0.3) is 9.40 Å². The third-order valence-corrected chi connectivity index (χ3v) is 6.61. The summed E-state index contributed by atoms with van der Waals surface area (Å²) in [5.74, 6) is 0.500. The highest BCUT2D eigenvalue weighted by molar-refractivity contribution is 7.26. The second-order valence-corrected chi connectivity index (χ2v) is 9.17. The second kappa shape index (κ2) is 5.34. The van der Waals surface area contributed by atoms with Crippen molar-refractivity contribution in [2.24, 2.45) is 5.92 Å². The molecule has 3 heterocycles. The Bertz CT molecular complexity index is 597. The van der Waals surface area contributed by atoms with Gasteiger partial charge < -0.3 is 10.1 Å². The van der Waals surface area contributed by atoms with Gasteiger partial charge in [-0.05, 0) is 58.2 Å². The largest absolute Gasteiger partial charge is 0.369 e. The normalized spacial score (nSPS) is 25.5. The number of ether oxygens (including phenoxy) is 1. The molecular formula is C17H25NOS2. The summed E-state index contributed by atoms with van der Waals surface area (Å²) in [6, 6.07) is 4.99. The van der Waals surface area contributed by atoms with Crippen LogP contribution in [0.4, 0.5) is 0 Å². The molecule has 2 nitrogen and oxygen atoms in total. The van der Waals surface area contributed by atoms with Crippen LogP contribution < -0.4 is 5.32 Å². The lowest BCUT2D eigenvalue weighted by Gasteiger charge is -2.33. The molecule has 2 aromatic heterocycles. The third kappa shape index (κ3) is 2.91. The Morgan fingerprint density at radius 1 is 1.33 bits per heavy atom. The number of hydrogen-bond acceptors (Lipinski definition) is 4. The molecule has 0 saturated carbocycles. The van der Waals surface area contributed by atoms with Gasteiger partial charge in [-0.15, -0.1) is 22.7 Å². The molecule has 0 aliphatic carbocycles. The zero-order valence-corrected chi connectivity index (χ0v) is 15.2. The van der Waals surface area contributed by atoms with Gasteiger partial charge in [0.25, 0.3) is 0 Å². The van der Waals surface area contributed by atoms with Crippen molar-refractivity contribution in [2.75, 3.05) is 6.54 Å². The fraction of sp³-hybridized carbons (Fsp3) is 0.647. The lowest BCUT2D eigenvalue weighted by molar-refractivity contribution is -0.0777. The minimum Gasteiger partial charge on any atom is -0.369 e. The summed E-state index contributed by atoms with van der Waals surface area (Å²) in [7, 11) is 0.